The Balaban J connectivity index is 0.00000324. The van der Waals surface area contributed by atoms with Crippen molar-refractivity contribution in [2.24, 2.45) is 0 Å². The molecule has 182 valence electrons. The van der Waals surface area contributed by atoms with Gasteiger partial charge in [-0.3, -0.25) is 9.69 Å². The van der Waals surface area contributed by atoms with Gasteiger partial charge in [-0.1, -0.05) is 29.5 Å². The van der Waals surface area contributed by atoms with E-state index in [9.17, 15) is 4.79 Å². The fraction of sp³-hybridized carbons (Fsp3) is 0.360. The van der Waals surface area contributed by atoms with Gasteiger partial charge in [0.15, 0.2) is 22.2 Å². The van der Waals surface area contributed by atoms with E-state index in [4.69, 9.17) is 18.9 Å². The molecular weight excluding hydrogens is 474 g/mol. The molecule has 0 saturated carbocycles. The van der Waals surface area contributed by atoms with Gasteiger partial charge >= 0.3 is 0 Å². The quantitative estimate of drug-likeness (QED) is 0.288. The second-order valence-corrected chi connectivity index (χ2v) is 9.07. The SMILES string of the molecule is CCOc1cccc2cc(C(=O)N(CCCN(C)C)c3nc4c(OC)ccc(C)c4s3)oc12.Cl. The van der Waals surface area contributed by atoms with Crippen LogP contribution in [0.15, 0.2) is 40.8 Å². The Morgan fingerprint density at radius 1 is 1.15 bits per heavy atom. The standard InChI is InChI=1S/C25H29N3O4S.ClH/c1-6-31-19-10-7-9-17-15-20(32-22(17)19)24(29)28(14-8-13-27(3)4)25-26-21-18(30-5)12-11-16(2)23(21)33-25;/h7,9-12,15H,6,8,13-14H2,1-5H3;1H. The molecule has 0 aliphatic carbocycles. The van der Waals surface area contributed by atoms with Crippen LogP contribution in [0.4, 0.5) is 5.13 Å². The summed E-state index contributed by atoms with van der Waals surface area (Å²) < 4.78 is 18.2. The van der Waals surface area contributed by atoms with Crippen molar-refractivity contribution >= 4 is 56.0 Å². The Hall–Kier alpha value is -2.81. The number of anilines is 1. The highest BCUT2D eigenvalue weighted by Crippen LogP contribution is 2.37. The number of furan rings is 1. The van der Waals surface area contributed by atoms with Crippen molar-refractivity contribution in [3.8, 4) is 11.5 Å². The molecule has 34 heavy (non-hydrogen) atoms. The average molecular weight is 504 g/mol. The van der Waals surface area contributed by atoms with Crippen LogP contribution in [0.25, 0.3) is 21.2 Å². The van der Waals surface area contributed by atoms with E-state index in [0.29, 0.717) is 35.4 Å². The summed E-state index contributed by atoms with van der Waals surface area (Å²) in [5, 5.41) is 1.46. The van der Waals surface area contributed by atoms with Gasteiger partial charge in [0.1, 0.15) is 11.3 Å². The van der Waals surface area contributed by atoms with Crippen molar-refractivity contribution in [2.45, 2.75) is 20.3 Å². The largest absolute Gasteiger partial charge is 0.494 e. The lowest BCUT2D eigenvalue weighted by Crippen LogP contribution is -2.33. The summed E-state index contributed by atoms with van der Waals surface area (Å²) in [4.78, 5) is 22.3. The molecule has 1 amide bonds. The number of aryl methyl sites for hydroxylation is 1. The Kier molecular flexibility index (Phi) is 8.41. The maximum absolute atomic E-state index is 13.7. The monoisotopic (exact) mass is 503 g/mol. The van der Waals surface area contributed by atoms with Crippen LogP contribution >= 0.6 is 23.7 Å². The average Bonchev–Trinajstić information content (AvgIpc) is 3.43. The molecule has 0 spiro atoms. The van der Waals surface area contributed by atoms with Crippen LogP contribution in [0.5, 0.6) is 11.5 Å². The summed E-state index contributed by atoms with van der Waals surface area (Å²) in [5.74, 6) is 1.38. The normalized spacial score (nSPS) is 11.1. The van der Waals surface area contributed by atoms with E-state index >= 15 is 0 Å². The first kappa shape index (κ1) is 25.8. The van der Waals surface area contributed by atoms with Crippen molar-refractivity contribution in [1.29, 1.82) is 0 Å². The van der Waals surface area contributed by atoms with Crippen molar-refractivity contribution in [3.63, 3.8) is 0 Å². The van der Waals surface area contributed by atoms with Crippen molar-refractivity contribution in [1.82, 2.24) is 9.88 Å². The molecule has 9 heteroatoms. The number of rotatable bonds is 9. The molecule has 2 aromatic heterocycles. The second-order valence-electron chi connectivity index (χ2n) is 8.09. The van der Waals surface area contributed by atoms with Crippen LogP contribution in [0.1, 0.15) is 29.5 Å². The summed E-state index contributed by atoms with van der Waals surface area (Å²) >= 11 is 1.50. The summed E-state index contributed by atoms with van der Waals surface area (Å²) in [6, 6.07) is 11.4. The second kappa shape index (κ2) is 11.1. The molecule has 0 N–H and O–H groups in total. The van der Waals surface area contributed by atoms with Gasteiger partial charge < -0.3 is 18.8 Å². The highest BCUT2D eigenvalue weighted by molar-refractivity contribution is 7.22. The highest BCUT2D eigenvalue weighted by Gasteiger charge is 2.26. The molecule has 0 bridgehead atoms. The van der Waals surface area contributed by atoms with E-state index in [0.717, 1.165) is 34.1 Å². The first-order chi connectivity index (χ1) is 15.9. The number of para-hydroxylation sites is 1. The third kappa shape index (κ3) is 5.14. The van der Waals surface area contributed by atoms with Crippen LogP contribution in [0.3, 0.4) is 0 Å². The van der Waals surface area contributed by atoms with Gasteiger partial charge in [-0.15, -0.1) is 12.4 Å². The predicted octanol–water partition coefficient (Wildman–Crippen LogP) is 5.78. The Bertz CT molecular complexity index is 1280. The molecule has 0 aliphatic heterocycles. The van der Waals surface area contributed by atoms with Crippen LogP contribution in [-0.2, 0) is 0 Å². The van der Waals surface area contributed by atoms with Gasteiger partial charge in [0.05, 0.1) is 18.4 Å². The number of ether oxygens (including phenoxy) is 2. The van der Waals surface area contributed by atoms with E-state index in [2.05, 4.69) is 4.90 Å². The summed E-state index contributed by atoms with van der Waals surface area (Å²) in [7, 11) is 5.67. The minimum absolute atomic E-state index is 0. The van der Waals surface area contributed by atoms with Crippen LogP contribution in [-0.4, -0.2) is 56.7 Å². The van der Waals surface area contributed by atoms with Crippen LogP contribution < -0.4 is 14.4 Å². The minimum Gasteiger partial charge on any atom is -0.494 e. The number of thiazole rings is 1. The number of carbonyl (C=O) groups is 1. The number of halogens is 1. The van der Waals surface area contributed by atoms with Crippen LogP contribution in [0, 0.1) is 6.92 Å². The molecule has 2 aromatic carbocycles. The summed E-state index contributed by atoms with van der Waals surface area (Å²) in [5.41, 5.74) is 2.45. The number of nitrogens with zero attached hydrogens (tertiary/aromatic N) is 3. The number of aromatic nitrogens is 1. The topological polar surface area (TPSA) is 68.0 Å². The molecule has 0 saturated heterocycles. The lowest BCUT2D eigenvalue weighted by Gasteiger charge is -2.19. The molecular formula is C25H30ClN3O4S. The van der Waals surface area contributed by atoms with Crippen molar-refractivity contribution in [3.05, 3.63) is 47.7 Å². The Morgan fingerprint density at radius 2 is 1.94 bits per heavy atom. The minimum atomic E-state index is -0.219. The van der Waals surface area contributed by atoms with Gasteiger partial charge in [0, 0.05) is 11.9 Å². The first-order valence-electron chi connectivity index (χ1n) is 11.0. The first-order valence-corrected chi connectivity index (χ1v) is 11.8. The third-order valence-electron chi connectivity index (χ3n) is 5.39. The van der Waals surface area contributed by atoms with Crippen molar-refractivity contribution in [2.75, 3.05) is 45.8 Å². The zero-order chi connectivity index (χ0) is 23.5. The molecule has 0 radical (unpaired) electrons. The maximum Gasteiger partial charge on any atom is 0.295 e. The number of methoxy groups -OCH3 is 1. The lowest BCUT2D eigenvalue weighted by molar-refractivity contribution is 0.0961. The van der Waals surface area contributed by atoms with Gasteiger partial charge in [-0.2, -0.15) is 0 Å². The number of benzene rings is 2. The summed E-state index contributed by atoms with van der Waals surface area (Å²) in [6.07, 6.45) is 0.801. The number of carbonyl (C=O) groups excluding carboxylic acids is 1. The fourth-order valence-electron chi connectivity index (χ4n) is 3.75. The number of amides is 1. The smallest absolute Gasteiger partial charge is 0.295 e. The third-order valence-corrected chi connectivity index (χ3v) is 6.61. The van der Waals surface area contributed by atoms with E-state index in [1.165, 1.54) is 11.3 Å². The Morgan fingerprint density at radius 3 is 2.65 bits per heavy atom. The lowest BCUT2D eigenvalue weighted by atomic mass is 10.2. The van der Waals surface area contributed by atoms with E-state index in [1.807, 2.05) is 58.3 Å². The van der Waals surface area contributed by atoms with Gasteiger partial charge in [0.2, 0.25) is 0 Å². The van der Waals surface area contributed by atoms with E-state index < -0.39 is 0 Å². The molecule has 0 fully saturated rings. The van der Waals surface area contributed by atoms with Crippen LogP contribution in [0.2, 0.25) is 0 Å². The summed E-state index contributed by atoms with van der Waals surface area (Å²) in [6.45, 7) is 5.85. The van der Waals surface area contributed by atoms with Gasteiger partial charge in [-0.25, -0.2) is 4.98 Å². The van der Waals surface area contributed by atoms with Crippen molar-refractivity contribution < 1.29 is 18.7 Å². The van der Waals surface area contributed by atoms with Gasteiger partial charge in [0.25, 0.3) is 5.91 Å². The number of hydrogen-bond acceptors (Lipinski definition) is 7. The highest BCUT2D eigenvalue weighted by atomic mass is 35.5. The molecule has 2 heterocycles. The molecule has 0 unspecified atom stereocenters. The molecule has 4 rings (SSSR count). The molecule has 0 aliphatic rings. The number of hydrogen-bond donors (Lipinski definition) is 0. The van der Waals surface area contributed by atoms with E-state index in [-0.39, 0.29) is 24.1 Å². The fourth-order valence-corrected chi connectivity index (χ4v) is 4.83. The zero-order valence-corrected chi connectivity index (χ0v) is 21.7. The number of fused-ring (bicyclic) bond motifs is 2. The molecule has 0 atom stereocenters. The van der Waals surface area contributed by atoms with Gasteiger partial charge in [-0.05, 0) is 64.7 Å². The molecule has 4 aromatic rings. The predicted molar refractivity (Wildman–Crippen MR) is 140 cm³/mol. The zero-order valence-electron chi connectivity index (χ0n) is 20.1. The molecule has 7 nitrogen and oxygen atoms in total. The maximum atomic E-state index is 13.7. The Labute approximate surface area is 209 Å². The van der Waals surface area contributed by atoms with E-state index in [1.54, 1.807) is 18.1 Å².